The van der Waals surface area contributed by atoms with Crippen molar-refractivity contribution in [3.63, 3.8) is 0 Å². The van der Waals surface area contributed by atoms with E-state index >= 15 is 0 Å². The molecule has 1 aromatic rings. The smallest absolute Gasteiger partial charge is 0.234 e. The largest absolute Gasteiger partial charge is 0.370 e. The fourth-order valence-electron chi connectivity index (χ4n) is 5.48. The van der Waals surface area contributed by atoms with E-state index in [1.54, 1.807) is 29.2 Å². The summed E-state index contributed by atoms with van der Waals surface area (Å²) in [5.74, 6) is -1.32. The average Bonchev–Trinajstić information content (AvgIpc) is 3.08. The van der Waals surface area contributed by atoms with Crippen LogP contribution < -0.4 is 21.3 Å². The molecule has 11 nitrogen and oxygen atoms in total. The number of nitrogens with zero attached hydrogens (tertiary/aromatic N) is 5. The summed E-state index contributed by atoms with van der Waals surface area (Å²) in [6.45, 7) is 2.46. The average molecular weight is 477 g/mol. The van der Waals surface area contributed by atoms with Gasteiger partial charge in [-0.05, 0) is 26.0 Å². The number of amides is 2. The molecule has 0 bridgehead atoms. The van der Waals surface area contributed by atoms with Gasteiger partial charge in [-0.1, -0.05) is 5.18 Å². The first-order valence-electron chi connectivity index (χ1n) is 11.6. The number of nitrogens with two attached hydrogens (primary N) is 1. The number of anilines is 2. The lowest BCUT2D eigenvalue weighted by Crippen LogP contribution is -2.62. The number of halogens is 1. The van der Waals surface area contributed by atoms with E-state index in [0.717, 1.165) is 38.2 Å². The molecule has 1 spiro atoms. The number of likely N-dealkylation sites (tertiary alicyclic amines) is 1. The van der Waals surface area contributed by atoms with Crippen LogP contribution in [0.15, 0.2) is 23.6 Å². The van der Waals surface area contributed by atoms with Crippen LogP contribution in [0, 0.1) is 16.2 Å². The van der Waals surface area contributed by atoms with Gasteiger partial charge in [0.15, 0.2) is 6.17 Å². The normalized spacial score (nSPS) is 27.0. The van der Waals surface area contributed by atoms with Crippen molar-refractivity contribution in [1.82, 2.24) is 20.1 Å². The van der Waals surface area contributed by atoms with E-state index in [0.29, 0.717) is 12.1 Å². The molecule has 3 aliphatic rings. The first-order chi connectivity index (χ1) is 16.2. The molecule has 2 amide bonds. The molecule has 4 unspecified atom stereocenters. The lowest BCUT2D eigenvalue weighted by atomic mass is 9.77. The van der Waals surface area contributed by atoms with E-state index in [9.17, 15) is 18.9 Å². The van der Waals surface area contributed by atoms with Crippen LogP contribution in [0.3, 0.4) is 0 Å². The van der Waals surface area contributed by atoms with E-state index in [4.69, 9.17) is 5.73 Å². The van der Waals surface area contributed by atoms with Crippen LogP contribution >= 0.6 is 0 Å². The molecule has 186 valence electrons. The fourth-order valence-corrected chi connectivity index (χ4v) is 5.48. The number of pyridine rings is 1. The minimum Gasteiger partial charge on any atom is -0.370 e. The number of carbonyl (C=O) groups is 2. The fraction of sp³-hybridized carbons (Fsp3) is 0.682. The number of nitrogens with one attached hydrogen (secondary N) is 2. The van der Waals surface area contributed by atoms with Crippen molar-refractivity contribution in [2.24, 2.45) is 22.2 Å². The van der Waals surface area contributed by atoms with Crippen molar-refractivity contribution in [2.45, 2.75) is 37.8 Å². The van der Waals surface area contributed by atoms with Crippen LogP contribution in [0.2, 0.25) is 0 Å². The predicted octanol–water partition coefficient (Wildman–Crippen LogP) is 0.335. The highest BCUT2D eigenvalue weighted by atomic mass is 19.1. The maximum absolute atomic E-state index is 13.8. The third kappa shape index (κ3) is 4.89. The molecule has 0 radical (unpaired) electrons. The van der Waals surface area contributed by atoms with Crippen LogP contribution in [-0.2, 0) is 9.59 Å². The number of nitroso groups, excluding NO2 is 1. The quantitative estimate of drug-likeness (QED) is 0.500. The maximum atomic E-state index is 13.8. The zero-order chi connectivity index (χ0) is 24.5. The molecule has 3 aliphatic heterocycles. The van der Waals surface area contributed by atoms with E-state index in [1.807, 2.05) is 13.1 Å². The van der Waals surface area contributed by atoms with Gasteiger partial charge < -0.3 is 20.9 Å². The lowest BCUT2D eigenvalue weighted by molar-refractivity contribution is -0.126. The van der Waals surface area contributed by atoms with Gasteiger partial charge >= 0.3 is 0 Å². The Hall–Kier alpha value is -2.70. The van der Waals surface area contributed by atoms with Crippen molar-refractivity contribution in [2.75, 3.05) is 57.0 Å². The molecule has 3 saturated heterocycles. The Kier molecular flexibility index (Phi) is 7.10. The minimum absolute atomic E-state index is 0.0117. The van der Waals surface area contributed by atoms with Crippen molar-refractivity contribution in [3.05, 3.63) is 23.4 Å². The number of alkyl halides is 1. The molecular formula is C22H33FN8O3. The van der Waals surface area contributed by atoms with Gasteiger partial charge in [-0.25, -0.2) is 4.39 Å². The van der Waals surface area contributed by atoms with Gasteiger partial charge in [0.1, 0.15) is 12.1 Å². The number of carbonyl (C=O) groups excluding carboxylic acids is 2. The molecule has 1 aromatic heterocycles. The number of hydrogen-bond acceptors (Lipinski definition) is 9. The summed E-state index contributed by atoms with van der Waals surface area (Å²) in [5, 5.41) is 8.74. The van der Waals surface area contributed by atoms with Crippen LogP contribution in [0.4, 0.5) is 15.8 Å². The monoisotopic (exact) mass is 476 g/mol. The summed E-state index contributed by atoms with van der Waals surface area (Å²) in [4.78, 5) is 46.4. The third-order valence-corrected chi connectivity index (χ3v) is 7.39. The summed E-state index contributed by atoms with van der Waals surface area (Å²) in [6.07, 6.45) is 2.55. The molecular weight excluding hydrogens is 443 g/mol. The molecule has 4 rings (SSSR count). The van der Waals surface area contributed by atoms with Gasteiger partial charge in [0.2, 0.25) is 11.8 Å². The topological polar surface area (TPSA) is 136 Å². The van der Waals surface area contributed by atoms with Gasteiger partial charge in [-0.15, -0.1) is 4.91 Å². The van der Waals surface area contributed by atoms with Crippen LogP contribution in [-0.4, -0.2) is 91.9 Å². The lowest BCUT2D eigenvalue weighted by Gasteiger charge is -2.41. The highest BCUT2D eigenvalue weighted by Crippen LogP contribution is 2.42. The van der Waals surface area contributed by atoms with Crippen LogP contribution in [0.25, 0.3) is 0 Å². The second-order valence-corrected chi connectivity index (χ2v) is 9.81. The zero-order valence-corrected chi connectivity index (χ0v) is 19.6. The second kappa shape index (κ2) is 9.88. The number of rotatable bonds is 6. The predicted molar refractivity (Wildman–Crippen MR) is 126 cm³/mol. The van der Waals surface area contributed by atoms with Crippen molar-refractivity contribution in [1.29, 1.82) is 0 Å². The maximum Gasteiger partial charge on any atom is 0.234 e. The first-order valence-corrected chi connectivity index (χ1v) is 11.6. The number of aromatic nitrogens is 1. The minimum atomic E-state index is -1.30. The third-order valence-electron chi connectivity index (χ3n) is 7.39. The van der Waals surface area contributed by atoms with Gasteiger partial charge in [-0.3, -0.25) is 24.8 Å². The van der Waals surface area contributed by atoms with Gasteiger partial charge in [0.25, 0.3) is 0 Å². The van der Waals surface area contributed by atoms with Gasteiger partial charge in [0.05, 0.1) is 23.7 Å². The Morgan fingerprint density at radius 2 is 2.12 bits per heavy atom. The second-order valence-electron chi connectivity index (χ2n) is 9.81. The Bertz CT molecular complexity index is 925. The first kappa shape index (κ1) is 24.4. The highest BCUT2D eigenvalue weighted by molar-refractivity contribution is 5.96. The molecule has 4 N–H and O–H groups in total. The van der Waals surface area contributed by atoms with E-state index in [1.165, 1.54) is 0 Å². The van der Waals surface area contributed by atoms with Crippen LogP contribution in [0.5, 0.6) is 0 Å². The van der Waals surface area contributed by atoms with Crippen molar-refractivity contribution < 1.29 is 14.0 Å². The van der Waals surface area contributed by atoms with E-state index in [-0.39, 0.29) is 24.4 Å². The Labute approximate surface area is 198 Å². The summed E-state index contributed by atoms with van der Waals surface area (Å²) in [7, 11) is 3.52. The molecule has 34 heavy (non-hydrogen) atoms. The van der Waals surface area contributed by atoms with E-state index < -0.39 is 30.3 Å². The summed E-state index contributed by atoms with van der Waals surface area (Å²) >= 11 is 0. The Morgan fingerprint density at radius 1 is 1.38 bits per heavy atom. The molecule has 3 fully saturated rings. The van der Waals surface area contributed by atoms with Gasteiger partial charge in [0, 0.05) is 57.8 Å². The molecule has 4 atom stereocenters. The Balaban J connectivity index is 1.48. The van der Waals surface area contributed by atoms with Crippen LogP contribution in [0.1, 0.15) is 19.3 Å². The number of hydrogen-bond donors (Lipinski definition) is 3. The van der Waals surface area contributed by atoms with Crippen molar-refractivity contribution >= 4 is 23.2 Å². The summed E-state index contributed by atoms with van der Waals surface area (Å²) in [6, 6.07) is 1.84. The van der Waals surface area contributed by atoms with Gasteiger partial charge in [-0.2, -0.15) is 0 Å². The molecule has 12 heteroatoms. The van der Waals surface area contributed by atoms with Crippen molar-refractivity contribution in [3.8, 4) is 0 Å². The molecule has 0 aliphatic carbocycles. The highest BCUT2D eigenvalue weighted by Gasteiger charge is 2.44. The SMILES string of the molecule is CN1CC2(CCN(c3ccncc3NC(=O)C(C(N)N=O)C3NCC(F)CN3C)CC2)CC1=O. The summed E-state index contributed by atoms with van der Waals surface area (Å²) < 4.78 is 13.8. The van der Waals surface area contributed by atoms with E-state index in [2.05, 4.69) is 25.7 Å². The molecule has 4 heterocycles. The standard InChI is InChI=1S/C22H33FN8O3/c1-29-12-14(23)10-26-20(29)18(19(24)28-34)21(33)27-15-11-25-6-3-16(15)31-7-4-22(5-8-31)9-17(32)30(2)13-22/h3,6,11,14,18-20,26H,4-5,7-10,12-13,24H2,1-2H3,(H,27,33). The molecule has 0 saturated carbocycles. The Morgan fingerprint density at radius 3 is 2.74 bits per heavy atom. The number of piperidine rings is 1. The summed E-state index contributed by atoms with van der Waals surface area (Å²) in [5.41, 5.74) is 7.25. The molecule has 0 aromatic carbocycles. The zero-order valence-electron chi connectivity index (χ0n) is 19.6.